The quantitative estimate of drug-likeness (QED) is 0.366. The van der Waals surface area contributed by atoms with E-state index in [0.29, 0.717) is 24.1 Å². The Morgan fingerprint density at radius 1 is 1.14 bits per heavy atom. The van der Waals surface area contributed by atoms with E-state index in [-0.39, 0.29) is 0 Å². The highest BCUT2D eigenvalue weighted by atomic mass is 31.1. The van der Waals surface area contributed by atoms with Gasteiger partial charge in [-0.15, -0.1) is 0 Å². The SMILES string of the molecule is CCCCOC(=O)c1ccccc1[P+](=O)C(C)OCCCC. The summed E-state index contributed by atoms with van der Waals surface area (Å²) in [5.74, 6) is -0.820. The molecular formula is C17H26O4P+. The van der Waals surface area contributed by atoms with Crippen molar-refractivity contribution >= 4 is 19.1 Å². The van der Waals surface area contributed by atoms with E-state index in [2.05, 4.69) is 6.92 Å². The van der Waals surface area contributed by atoms with Gasteiger partial charge in [0, 0.05) is 6.92 Å². The third kappa shape index (κ3) is 5.86. The fraction of sp³-hybridized carbons (Fsp3) is 0.588. The number of unbranched alkanes of at least 4 members (excludes halogenated alkanes) is 2. The first-order valence-corrected chi connectivity index (χ1v) is 9.28. The summed E-state index contributed by atoms with van der Waals surface area (Å²) < 4.78 is 23.4. The Morgan fingerprint density at radius 2 is 1.77 bits per heavy atom. The van der Waals surface area contributed by atoms with Crippen LogP contribution in [-0.2, 0) is 14.0 Å². The van der Waals surface area contributed by atoms with Crippen LogP contribution in [0.1, 0.15) is 56.8 Å². The van der Waals surface area contributed by atoms with Gasteiger partial charge in [0.2, 0.25) is 5.30 Å². The maximum absolute atomic E-state index is 12.6. The Balaban J connectivity index is 2.77. The summed E-state index contributed by atoms with van der Waals surface area (Å²) in [4.78, 5) is 12.1. The van der Waals surface area contributed by atoms with Crippen LogP contribution in [0.4, 0.5) is 0 Å². The molecule has 0 aliphatic carbocycles. The van der Waals surface area contributed by atoms with Gasteiger partial charge in [0.1, 0.15) is 5.56 Å². The number of carbonyl (C=O) groups is 1. The number of ether oxygens (including phenoxy) is 2. The Labute approximate surface area is 134 Å². The molecule has 5 heteroatoms. The van der Waals surface area contributed by atoms with E-state index in [9.17, 15) is 9.36 Å². The van der Waals surface area contributed by atoms with Crippen LogP contribution in [-0.4, -0.2) is 25.0 Å². The third-order valence-corrected chi connectivity index (χ3v) is 4.95. The van der Waals surface area contributed by atoms with Crippen LogP contribution < -0.4 is 5.30 Å². The summed E-state index contributed by atoms with van der Waals surface area (Å²) in [5.41, 5.74) is 0.380. The van der Waals surface area contributed by atoms with Gasteiger partial charge < -0.3 is 9.47 Å². The molecule has 0 saturated carbocycles. The predicted octanol–water partition coefficient (Wildman–Crippen LogP) is 4.26. The predicted molar refractivity (Wildman–Crippen MR) is 89.2 cm³/mol. The second-order valence-corrected chi connectivity index (χ2v) is 7.02. The van der Waals surface area contributed by atoms with E-state index in [0.717, 1.165) is 25.7 Å². The zero-order valence-corrected chi connectivity index (χ0v) is 14.6. The second-order valence-electron chi connectivity index (χ2n) is 5.16. The highest BCUT2D eigenvalue weighted by molar-refractivity contribution is 7.54. The smallest absolute Gasteiger partial charge is 0.409 e. The molecule has 0 bridgehead atoms. The molecule has 0 N–H and O–H groups in total. The number of esters is 1. The van der Waals surface area contributed by atoms with Gasteiger partial charge in [-0.25, -0.2) is 4.79 Å². The standard InChI is InChI=1S/C17H26O4P/c1-4-6-12-20-14(3)22(19)16-11-9-8-10-15(16)17(18)21-13-7-5-2/h8-11,14H,4-7,12-13H2,1-3H3/q+1. The summed E-state index contributed by atoms with van der Waals surface area (Å²) in [6, 6.07) is 6.92. The Kier molecular flexibility index (Phi) is 8.95. The Morgan fingerprint density at radius 3 is 2.45 bits per heavy atom. The fourth-order valence-corrected chi connectivity index (χ4v) is 3.16. The zero-order valence-electron chi connectivity index (χ0n) is 13.7. The molecule has 122 valence electrons. The van der Waals surface area contributed by atoms with Gasteiger partial charge in [-0.2, -0.15) is 0 Å². The van der Waals surface area contributed by atoms with Crippen molar-refractivity contribution in [2.45, 2.75) is 52.3 Å². The van der Waals surface area contributed by atoms with E-state index in [1.165, 1.54) is 0 Å². The van der Waals surface area contributed by atoms with Crippen molar-refractivity contribution in [3.05, 3.63) is 29.8 Å². The van der Waals surface area contributed by atoms with Crippen LogP contribution in [0.2, 0.25) is 0 Å². The largest absolute Gasteiger partial charge is 0.462 e. The number of benzene rings is 1. The maximum Gasteiger partial charge on any atom is 0.409 e. The lowest BCUT2D eigenvalue weighted by molar-refractivity contribution is 0.0501. The monoisotopic (exact) mass is 325 g/mol. The molecule has 4 nitrogen and oxygen atoms in total. The summed E-state index contributed by atoms with van der Waals surface area (Å²) in [6.45, 7) is 6.88. The topological polar surface area (TPSA) is 52.6 Å². The van der Waals surface area contributed by atoms with Crippen LogP contribution in [0.25, 0.3) is 0 Å². The lowest BCUT2D eigenvalue weighted by Gasteiger charge is -2.07. The molecule has 1 rings (SSSR count). The number of carbonyl (C=O) groups excluding carboxylic acids is 1. The van der Waals surface area contributed by atoms with Gasteiger partial charge in [-0.05, 0) is 25.0 Å². The molecule has 22 heavy (non-hydrogen) atoms. The summed E-state index contributed by atoms with van der Waals surface area (Å²) in [6.07, 6.45) is 3.76. The van der Waals surface area contributed by atoms with Crippen molar-refractivity contribution in [2.75, 3.05) is 13.2 Å². The minimum absolute atomic E-state index is 0.380. The minimum Gasteiger partial charge on any atom is -0.462 e. The molecule has 0 radical (unpaired) electrons. The maximum atomic E-state index is 12.6. The van der Waals surface area contributed by atoms with Crippen LogP contribution in [0.3, 0.4) is 0 Å². The van der Waals surface area contributed by atoms with Gasteiger partial charge in [0.15, 0.2) is 0 Å². The molecule has 0 fully saturated rings. The van der Waals surface area contributed by atoms with Gasteiger partial charge in [-0.1, -0.05) is 43.4 Å². The van der Waals surface area contributed by atoms with Crippen molar-refractivity contribution in [3.8, 4) is 0 Å². The molecule has 1 aromatic rings. The van der Waals surface area contributed by atoms with E-state index < -0.39 is 19.6 Å². The third-order valence-electron chi connectivity index (χ3n) is 3.28. The highest BCUT2D eigenvalue weighted by Crippen LogP contribution is 2.29. The van der Waals surface area contributed by atoms with Crippen LogP contribution in [0.15, 0.2) is 24.3 Å². The van der Waals surface area contributed by atoms with Crippen LogP contribution >= 0.6 is 7.80 Å². The molecule has 0 aliphatic heterocycles. The van der Waals surface area contributed by atoms with Gasteiger partial charge in [0.25, 0.3) is 5.85 Å². The Bertz CT molecular complexity index is 487. The van der Waals surface area contributed by atoms with Gasteiger partial charge in [0.05, 0.1) is 13.2 Å². The zero-order chi connectivity index (χ0) is 16.4. The number of rotatable bonds is 10. The summed E-state index contributed by atoms with van der Waals surface area (Å²) >= 11 is 0. The molecule has 0 aromatic heterocycles. The summed E-state index contributed by atoms with van der Waals surface area (Å²) in [5, 5.41) is 0.517. The number of hydrogen-bond acceptors (Lipinski definition) is 4. The number of hydrogen-bond donors (Lipinski definition) is 0. The first-order valence-electron chi connectivity index (χ1n) is 7.95. The van der Waals surface area contributed by atoms with Gasteiger partial charge >= 0.3 is 13.8 Å². The average Bonchev–Trinajstić information content (AvgIpc) is 2.54. The molecule has 0 heterocycles. The lowest BCUT2D eigenvalue weighted by Crippen LogP contribution is -2.19. The fourth-order valence-electron chi connectivity index (χ4n) is 1.89. The normalized spacial score (nSPS) is 12.8. The molecule has 2 atom stereocenters. The van der Waals surface area contributed by atoms with Crippen molar-refractivity contribution in [3.63, 3.8) is 0 Å². The molecule has 0 spiro atoms. The molecule has 0 aliphatic rings. The van der Waals surface area contributed by atoms with Crippen LogP contribution in [0.5, 0.6) is 0 Å². The van der Waals surface area contributed by atoms with E-state index in [4.69, 9.17) is 9.47 Å². The Hall–Kier alpha value is -1.25. The van der Waals surface area contributed by atoms with Crippen molar-refractivity contribution in [1.82, 2.24) is 0 Å². The molecule has 2 unspecified atom stereocenters. The molecule has 0 saturated heterocycles. The average molecular weight is 325 g/mol. The van der Waals surface area contributed by atoms with E-state index in [1.54, 1.807) is 31.2 Å². The van der Waals surface area contributed by atoms with E-state index in [1.807, 2.05) is 6.92 Å². The second kappa shape index (κ2) is 10.5. The van der Waals surface area contributed by atoms with Crippen LogP contribution in [0, 0.1) is 0 Å². The minimum atomic E-state index is -1.80. The first-order chi connectivity index (χ1) is 10.6. The lowest BCUT2D eigenvalue weighted by atomic mass is 10.2. The first kappa shape index (κ1) is 18.8. The molecule has 1 aromatic carbocycles. The van der Waals surface area contributed by atoms with E-state index >= 15 is 0 Å². The molecular weight excluding hydrogens is 299 g/mol. The van der Waals surface area contributed by atoms with Crippen molar-refractivity contribution in [2.24, 2.45) is 0 Å². The van der Waals surface area contributed by atoms with Crippen molar-refractivity contribution in [1.29, 1.82) is 0 Å². The highest BCUT2D eigenvalue weighted by Gasteiger charge is 2.34. The summed E-state index contributed by atoms with van der Waals surface area (Å²) in [7, 11) is -1.80. The van der Waals surface area contributed by atoms with Crippen molar-refractivity contribution < 1.29 is 18.8 Å². The molecule has 0 amide bonds. The van der Waals surface area contributed by atoms with Gasteiger partial charge in [-0.3, -0.25) is 0 Å².